The van der Waals surface area contributed by atoms with E-state index < -0.39 is 0 Å². The molecular formula is C16H22N2O4. The number of carbonyl (C=O) groups is 1. The number of benzene rings is 1. The van der Waals surface area contributed by atoms with Gasteiger partial charge in [-0.15, -0.1) is 0 Å². The van der Waals surface area contributed by atoms with Gasteiger partial charge in [0.25, 0.3) is 0 Å². The molecule has 3 rings (SSSR count). The molecule has 0 aromatic heterocycles. The second kappa shape index (κ2) is 7.47. The maximum Gasteiger partial charge on any atom is 0.224 e. The van der Waals surface area contributed by atoms with Crippen LogP contribution in [-0.2, 0) is 9.53 Å². The Morgan fingerprint density at radius 2 is 2.00 bits per heavy atom. The van der Waals surface area contributed by atoms with Crippen LogP contribution in [0.3, 0.4) is 0 Å². The van der Waals surface area contributed by atoms with Gasteiger partial charge in [0.05, 0.1) is 13.2 Å². The molecule has 2 aliphatic heterocycles. The molecule has 1 atom stereocenters. The summed E-state index contributed by atoms with van der Waals surface area (Å²) in [5.41, 5.74) is 0. The van der Waals surface area contributed by atoms with Gasteiger partial charge in [0.15, 0.2) is 11.5 Å². The molecule has 2 aliphatic rings. The zero-order valence-corrected chi connectivity index (χ0v) is 12.6. The highest BCUT2D eigenvalue weighted by Gasteiger charge is 2.20. The Morgan fingerprint density at radius 1 is 1.23 bits per heavy atom. The highest BCUT2D eigenvalue weighted by molar-refractivity contribution is 5.76. The van der Waals surface area contributed by atoms with Crippen LogP contribution >= 0.6 is 0 Å². The van der Waals surface area contributed by atoms with Crippen molar-refractivity contribution in [3.8, 4) is 11.5 Å². The highest BCUT2D eigenvalue weighted by atomic mass is 16.6. The Kier molecular flexibility index (Phi) is 5.13. The second-order valence-electron chi connectivity index (χ2n) is 5.44. The summed E-state index contributed by atoms with van der Waals surface area (Å²) in [5.74, 6) is 1.76. The van der Waals surface area contributed by atoms with E-state index in [2.05, 4.69) is 5.32 Å². The van der Waals surface area contributed by atoms with Gasteiger partial charge in [-0.2, -0.15) is 0 Å². The minimum Gasteiger partial charge on any atom is -0.486 e. The molecular weight excluding hydrogens is 284 g/mol. The van der Waals surface area contributed by atoms with E-state index in [0.29, 0.717) is 52.4 Å². The van der Waals surface area contributed by atoms with Crippen LogP contribution in [0, 0.1) is 0 Å². The van der Waals surface area contributed by atoms with Gasteiger partial charge < -0.3 is 24.4 Å². The predicted octanol–water partition coefficient (Wildman–Crippen LogP) is 0.665. The molecule has 0 spiro atoms. The quantitative estimate of drug-likeness (QED) is 0.810. The first-order valence-corrected chi connectivity index (χ1v) is 7.77. The molecule has 1 N–H and O–H groups in total. The van der Waals surface area contributed by atoms with Gasteiger partial charge >= 0.3 is 0 Å². The van der Waals surface area contributed by atoms with E-state index >= 15 is 0 Å². The average molecular weight is 306 g/mol. The summed E-state index contributed by atoms with van der Waals surface area (Å²) in [6.07, 6.45) is 0.484. The molecule has 1 fully saturated rings. The molecule has 0 radical (unpaired) electrons. The highest BCUT2D eigenvalue weighted by Crippen LogP contribution is 2.30. The van der Waals surface area contributed by atoms with Gasteiger partial charge in [-0.3, -0.25) is 4.79 Å². The lowest BCUT2D eigenvalue weighted by Crippen LogP contribution is -2.43. The van der Waals surface area contributed by atoms with Crippen molar-refractivity contribution in [3.05, 3.63) is 24.3 Å². The number of morpholine rings is 1. The lowest BCUT2D eigenvalue weighted by atomic mass is 10.2. The lowest BCUT2D eigenvalue weighted by Gasteiger charge is -2.28. The lowest BCUT2D eigenvalue weighted by molar-refractivity contribution is -0.135. The number of rotatable bonds is 5. The monoisotopic (exact) mass is 306 g/mol. The van der Waals surface area contributed by atoms with Crippen molar-refractivity contribution in [2.75, 3.05) is 46.0 Å². The first-order chi connectivity index (χ1) is 10.8. The Labute approximate surface area is 130 Å². The minimum absolute atomic E-state index is 0.0200. The maximum absolute atomic E-state index is 12.0. The summed E-state index contributed by atoms with van der Waals surface area (Å²) < 4.78 is 16.8. The molecule has 6 heteroatoms. The standard InChI is InChI=1S/C16H22N2O4/c19-16(18-7-9-20-10-8-18)5-6-17-11-13-12-21-14-3-1-2-4-15(14)22-13/h1-4,13,17H,5-12H2. The minimum atomic E-state index is -0.0200. The zero-order chi connectivity index (χ0) is 15.2. The molecule has 1 aromatic carbocycles. The van der Waals surface area contributed by atoms with Crippen LogP contribution in [0.15, 0.2) is 24.3 Å². The maximum atomic E-state index is 12.0. The number of hydrogen-bond acceptors (Lipinski definition) is 5. The third-order valence-corrected chi connectivity index (χ3v) is 3.82. The van der Waals surface area contributed by atoms with Gasteiger partial charge in [0, 0.05) is 32.6 Å². The van der Waals surface area contributed by atoms with Crippen molar-refractivity contribution in [1.82, 2.24) is 10.2 Å². The molecule has 120 valence electrons. The van der Waals surface area contributed by atoms with Gasteiger partial charge in [0.1, 0.15) is 12.7 Å². The van der Waals surface area contributed by atoms with Crippen molar-refractivity contribution in [3.63, 3.8) is 0 Å². The third-order valence-electron chi connectivity index (χ3n) is 3.82. The van der Waals surface area contributed by atoms with Crippen LogP contribution < -0.4 is 14.8 Å². The summed E-state index contributed by atoms with van der Waals surface area (Å²) in [5, 5.41) is 3.27. The van der Waals surface area contributed by atoms with Crippen LogP contribution in [-0.4, -0.2) is 62.9 Å². The molecule has 1 unspecified atom stereocenters. The van der Waals surface area contributed by atoms with Gasteiger partial charge in [-0.25, -0.2) is 0 Å². The largest absolute Gasteiger partial charge is 0.486 e. The molecule has 2 heterocycles. The molecule has 1 saturated heterocycles. The third kappa shape index (κ3) is 3.90. The molecule has 1 amide bonds. The van der Waals surface area contributed by atoms with E-state index in [9.17, 15) is 4.79 Å². The first kappa shape index (κ1) is 15.1. The van der Waals surface area contributed by atoms with Crippen LogP contribution in [0.1, 0.15) is 6.42 Å². The van der Waals surface area contributed by atoms with Crippen molar-refractivity contribution in [1.29, 1.82) is 0 Å². The smallest absolute Gasteiger partial charge is 0.224 e. The number of fused-ring (bicyclic) bond motifs is 1. The van der Waals surface area contributed by atoms with E-state index in [1.54, 1.807) is 0 Å². The topological polar surface area (TPSA) is 60.0 Å². The van der Waals surface area contributed by atoms with Crippen molar-refractivity contribution < 1.29 is 19.0 Å². The van der Waals surface area contributed by atoms with E-state index in [0.717, 1.165) is 11.5 Å². The molecule has 0 bridgehead atoms. The number of ether oxygens (including phenoxy) is 3. The summed E-state index contributed by atoms with van der Waals surface area (Å²) in [6.45, 7) is 4.55. The van der Waals surface area contributed by atoms with Crippen molar-refractivity contribution >= 4 is 5.91 Å². The van der Waals surface area contributed by atoms with E-state index in [4.69, 9.17) is 14.2 Å². The number of nitrogens with one attached hydrogen (secondary N) is 1. The summed E-state index contributed by atoms with van der Waals surface area (Å²) >= 11 is 0. The summed E-state index contributed by atoms with van der Waals surface area (Å²) in [7, 11) is 0. The summed E-state index contributed by atoms with van der Waals surface area (Å²) in [6, 6.07) is 7.67. The van der Waals surface area contributed by atoms with Crippen LogP contribution in [0.4, 0.5) is 0 Å². The fourth-order valence-corrected chi connectivity index (χ4v) is 2.59. The van der Waals surface area contributed by atoms with Gasteiger partial charge in [0.2, 0.25) is 5.91 Å². The number of nitrogens with zero attached hydrogens (tertiary/aromatic N) is 1. The van der Waals surface area contributed by atoms with E-state index in [-0.39, 0.29) is 12.0 Å². The van der Waals surface area contributed by atoms with Crippen molar-refractivity contribution in [2.45, 2.75) is 12.5 Å². The fraction of sp³-hybridized carbons (Fsp3) is 0.562. The number of hydrogen-bond donors (Lipinski definition) is 1. The van der Waals surface area contributed by atoms with Crippen molar-refractivity contribution in [2.24, 2.45) is 0 Å². The van der Waals surface area contributed by atoms with Crippen LogP contribution in [0.25, 0.3) is 0 Å². The SMILES string of the molecule is O=C(CCNCC1COc2ccccc2O1)N1CCOCC1. The number of carbonyl (C=O) groups excluding carboxylic acids is 1. The normalized spacial score (nSPS) is 20.7. The second-order valence-corrected chi connectivity index (χ2v) is 5.44. The van der Waals surface area contributed by atoms with E-state index in [1.807, 2.05) is 29.2 Å². The Morgan fingerprint density at radius 3 is 2.82 bits per heavy atom. The Hall–Kier alpha value is -1.79. The van der Waals surface area contributed by atoms with Gasteiger partial charge in [-0.1, -0.05) is 12.1 Å². The summed E-state index contributed by atoms with van der Waals surface area (Å²) in [4.78, 5) is 13.9. The molecule has 0 saturated carbocycles. The molecule has 1 aromatic rings. The van der Waals surface area contributed by atoms with E-state index in [1.165, 1.54) is 0 Å². The van der Waals surface area contributed by atoms with Crippen LogP contribution in [0.5, 0.6) is 11.5 Å². The number of amides is 1. The average Bonchev–Trinajstić information content (AvgIpc) is 2.59. The zero-order valence-electron chi connectivity index (χ0n) is 12.6. The van der Waals surface area contributed by atoms with Gasteiger partial charge in [-0.05, 0) is 12.1 Å². The molecule has 6 nitrogen and oxygen atoms in total. The Balaban J connectivity index is 1.35. The Bertz CT molecular complexity index is 503. The predicted molar refractivity (Wildman–Crippen MR) is 81.2 cm³/mol. The molecule has 22 heavy (non-hydrogen) atoms. The fourth-order valence-electron chi connectivity index (χ4n) is 2.59. The number of para-hydroxylation sites is 2. The molecule has 0 aliphatic carbocycles. The first-order valence-electron chi connectivity index (χ1n) is 7.77. The van der Waals surface area contributed by atoms with Crippen LogP contribution in [0.2, 0.25) is 0 Å².